The maximum absolute atomic E-state index is 13.2. The van der Waals surface area contributed by atoms with E-state index in [-0.39, 0.29) is 30.3 Å². The molecule has 0 aromatic heterocycles. The zero-order chi connectivity index (χ0) is 21.2. The highest BCUT2D eigenvalue weighted by Crippen LogP contribution is 2.35. The van der Waals surface area contributed by atoms with Crippen LogP contribution in [0.2, 0.25) is 0 Å². The van der Waals surface area contributed by atoms with E-state index in [0.29, 0.717) is 19.6 Å². The largest absolute Gasteiger partial charge is 0.464 e. The lowest BCUT2D eigenvalue weighted by Crippen LogP contribution is -2.49. The summed E-state index contributed by atoms with van der Waals surface area (Å²) in [5.41, 5.74) is 1.07. The van der Waals surface area contributed by atoms with Gasteiger partial charge in [-0.2, -0.15) is 5.10 Å². The summed E-state index contributed by atoms with van der Waals surface area (Å²) in [6.07, 6.45) is 0.328. The van der Waals surface area contributed by atoms with Gasteiger partial charge in [0.25, 0.3) is 5.91 Å². The highest BCUT2D eigenvalue weighted by atomic mass is 32.2. The standard InChI is InChI=1S/C19H25N3O6S/c1-4-14(19(24)28-5-2)22-15-12-13(3)6-7-16(15)29(25,26)17(20-22)18(23)21-8-10-27-11-9-21/h6-7,12,14H,4-5,8-11H2,1-3H3. The third kappa shape index (κ3) is 3.99. The average Bonchev–Trinajstić information content (AvgIpc) is 2.70. The monoisotopic (exact) mass is 423 g/mol. The molecule has 10 heteroatoms. The minimum atomic E-state index is -4.14. The van der Waals surface area contributed by atoms with Crippen LogP contribution in [0.25, 0.3) is 0 Å². The lowest BCUT2D eigenvalue weighted by Gasteiger charge is -2.34. The van der Waals surface area contributed by atoms with Gasteiger partial charge in [0.1, 0.15) is 6.04 Å². The van der Waals surface area contributed by atoms with Crippen LogP contribution in [-0.2, 0) is 28.9 Å². The number of rotatable bonds is 5. The molecule has 0 aliphatic carbocycles. The minimum absolute atomic E-state index is 0.0440. The maximum atomic E-state index is 13.2. The Bertz CT molecular complexity index is 937. The fraction of sp³-hybridized carbons (Fsp3) is 0.526. The highest BCUT2D eigenvalue weighted by molar-refractivity contribution is 8.08. The van der Waals surface area contributed by atoms with E-state index in [9.17, 15) is 18.0 Å². The van der Waals surface area contributed by atoms with Crippen LogP contribution >= 0.6 is 0 Å². The summed E-state index contributed by atoms with van der Waals surface area (Å²) < 4.78 is 36.8. The zero-order valence-corrected chi connectivity index (χ0v) is 17.6. The first-order valence-electron chi connectivity index (χ1n) is 9.58. The number of amides is 1. The molecule has 0 saturated carbocycles. The lowest BCUT2D eigenvalue weighted by atomic mass is 10.1. The third-order valence-electron chi connectivity index (χ3n) is 4.83. The van der Waals surface area contributed by atoms with Gasteiger partial charge in [-0.3, -0.25) is 4.79 Å². The number of nitrogens with zero attached hydrogens (tertiary/aromatic N) is 3. The molecule has 2 heterocycles. The topological polar surface area (TPSA) is 106 Å². The lowest BCUT2D eigenvalue weighted by molar-refractivity contribution is -0.144. The number of ether oxygens (including phenoxy) is 2. The van der Waals surface area contributed by atoms with Crippen molar-refractivity contribution in [1.29, 1.82) is 0 Å². The summed E-state index contributed by atoms with van der Waals surface area (Å²) in [4.78, 5) is 26.9. The van der Waals surface area contributed by atoms with Gasteiger partial charge >= 0.3 is 5.97 Å². The van der Waals surface area contributed by atoms with E-state index < -0.39 is 32.8 Å². The van der Waals surface area contributed by atoms with Gasteiger partial charge in [-0.05, 0) is 38.0 Å². The Hall–Kier alpha value is -2.46. The van der Waals surface area contributed by atoms with E-state index in [0.717, 1.165) is 5.56 Å². The van der Waals surface area contributed by atoms with Gasteiger partial charge in [-0.1, -0.05) is 13.0 Å². The Kier molecular flexibility index (Phi) is 6.23. The van der Waals surface area contributed by atoms with Crippen LogP contribution in [0.1, 0.15) is 25.8 Å². The Morgan fingerprint density at radius 1 is 1.24 bits per heavy atom. The number of hydrazone groups is 1. The Balaban J connectivity index is 2.13. The summed E-state index contributed by atoms with van der Waals surface area (Å²) in [5, 5.41) is 4.93. The summed E-state index contributed by atoms with van der Waals surface area (Å²) in [6, 6.07) is 3.90. The van der Waals surface area contributed by atoms with Crippen molar-refractivity contribution in [2.24, 2.45) is 5.10 Å². The van der Waals surface area contributed by atoms with Gasteiger partial charge in [0.05, 0.1) is 30.4 Å². The summed E-state index contributed by atoms with van der Waals surface area (Å²) in [5.74, 6) is -1.22. The number of morpholine rings is 1. The van der Waals surface area contributed by atoms with E-state index >= 15 is 0 Å². The molecule has 1 amide bonds. The van der Waals surface area contributed by atoms with Gasteiger partial charge in [-0.15, -0.1) is 0 Å². The fourth-order valence-electron chi connectivity index (χ4n) is 3.32. The number of sulfone groups is 1. The normalized spacial score (nSPS) is 19.2. The molecule has 29 heavy (non-hydrogen) atoms. The van der Waals surface area contributed by atoms with E-state index in [1.807, 2.05) is 6.92 Å². The van der Waals surface area contributed by atoms with Crippen molar-refractivity contribution in [2.45, 2.75) is 38.1 Å². The second-order valence-corrected chi connectivity index (χ2v) is 8.64. The first-order chi connectivity index (χ1) is 13.8. The molecule has 0 N–H and O–H groups in total. The molecule has 1 atom stereocenters. The summed E-state index contributed by atoms with van der Waals surface area (Å²) >= 11 is 0. The van der Waals surface area contributed by atoms with Crippen LogP contribution in [0, 0.1) is 6.92 Å². The van der Waals surface area contributed by atoms with Gasteiger partial charge in [0.15, 0.2) is 0 Å². The summed E-state index contributed by atoms with van der Waals surface area (Å²) in [7, 11) is -4.14. The Morgan fingerprint density at radius 3 is 2.55 bits per heavy atom. The quantitative estimate of drug-likeness (QED) is 0.653. The van der Waals surface area contributed by atoms with Crippen LogP contribution in [-0.4, -0.2) is 69.2 Å². The molecule has 0 radical (unpaired) electrons. The van der Waals surface area contributed by atoms with Crippen LogP contribution < -0.4 is 5.01 Å². The van der Waals surface area contributed by atoms with Crippen LogP contribution in [0.3, 0.4) is 0 Å². The highest BCUT2D eigenvalue weighted by Gasteiger charge is 2.42. The van der Waals surface area contributed by atoms with Gasteiger partial charge in [0.2, 0.25) is 14.9 Å². The van der Waals surface area contributed by atoms with E-state index in [2.05, 4.69) is 5.10 Å². The second kappa shape index (κ2) is 8.50. The minimum Gasteiger partial charge on any atom is -0.464 e. The zero-order valence-electron chi connectivity index (χ0n) is 16.8. The number of benzene rings is 1. The molecule has 3 rings (SSSR count). The molecule has 1 saturated heterocycles. The number of hydrogen-bond donors (Lipinski definition) is 0. The number of carbonyl (C=O) groups excluding carboxylic acids is 2. The van der Waals surface area contributed by atoms with Crippen LogP contribution in [0.15, 0.2) is 28.2 Å². The van der Waals surface area contributed by atoms with Crippen molar-refractivity contribution in [2.75, 3.05) is 37.9 Å². The number of hydrogen-bond acceptors (Lipinski definition) is 8. The first kappa shape index (κ1) is 21.3. The molecule has 2 aliphatic rings. The maximum Gasteiger partial charge on any atom is 0.330 e. The van der Waals surface area contributed by atoms with Crippen LogP contribution in [0.5, 0.6) is 0 Å². The van der Waals surface area contributed by atoms with Crippen molar-refractivity contribution < 1.29 is 27.5 Å². The van der Waals surface area contributed by atoms with Crippen molar-refractivity contribution in [3.63, 3.8) is 0 Å². The molecular weight excluding hydrogens is 398 g/mol. The number of esters is 1. The molecule has 1 aromatic rings. The molecule has 158 valence electrons. The molecular formula is C19H25N3O6S. The van der Waals surface area contributed by atoms with E-state index in [1.165, 1.54) is 16.0 Å². The van der Waals surface area contributed by atoms with Gasteiger partial charge in [-0.25, -0.2) is 18.2 Å². The second-order valence-electron chi connectivity index (χ2n) is 6.81. The van der Waals surface area contributed by atoms with Gasteiger partial charge in [0, 0.05) is 13.1 Å². The predicted molar refractivity (Wildman–Crippen MR) is 106 cm³/mol. The molecule has 1 fully saturated rings. The molecule has 0 bridgehead atoms. The number of fused-ring (bicyclic) bond motifs is 1. The first-order valence-corrected chi connectivity index (χ1v) is 11.1. The van der Waals surface area contributed by atoms with E-state index in [1.54, 1.807) is 26.0 Å². The van der Waals surface area contributed by atoms with Crippen molar-refractivity contribution >= 4 is 32.4 Å². The number of aryl methyl sites for hydroxylation is 1. The Morgan fingerprint density at radius 2 is 1.93 bits per heavy atom. The smallest absolute Gasteiger partial charge is 0.330 e. The van der Waals surface area contributed by atoms with Crippen molar-refractivity contribution in [3.05, 3.63) is 23.8 Å². The van der Waals surface area contributed by atoms with Crippen LogP contribution in [0.4, 0.5) is 5.69 Å². The molecule has 9 nitrogen and oxygen atoms in total. The van der Waals surface area contributed by atoms with Crippen molar-refractivity contribution in [1.82, 2.24) is 4.90 Å². The third-order valence-corrected chi connectivity index (χ3v) is 6.52. The molecule has 1 aromatic carbocycles. The SMILES string of the molecule is CCOC(=O)C(CC)N1N=C(C(=O)N2CCOCC2)S(=O)(=O)c2ccc(C)cc21. The molecule has 0 spiro atoms. The average molecular weight is 423 g/mol. The van der Waals surface area contributed by atoms with Gasteiger partial charge < -0.3 is 14.4 Å². The van der Waals surface area contributed by atoms with E-state index in [4.69, 9.17) is 9.47 Å². The van der Waals surface area contributed by atoms with Crippen molar-refractivity contribution in [3.8, 4) is 0 Å². The molecule has 1 unspecified atom stereocenters. The summed E-state index contributed by atoms with van der Waals surface area (Å²) in [6.45, 7) is 6.70. The molecule has 2 aliphatic heterocycles. The number of anilines is 1. The Labute approximate surface area is 170 Å². The number of carbonyl (C=O) groups is 2. The fourth-order valence-corrected chi connectivity index (χ4v) is 4.76. The predicted octanol–water partition coefficient (Wildman–Crippen LogP) is 1.10.